The summed E-state index contributed by atoms with van der Waals surface area (Å²) in [5.41, 5.74) is -1.49. The molecule has 1 aromatic heterocycles. The van der Waals surface area contributed by atoms with Crippen LogP contribution in [-0.4, -0.2) is 36.4 Å². The van der Waals surface area contributed by atoms with Crippen molar-refractivity contribution in [2.24, 2.45) is 0 Å². The first-order chi connectivity index (χ1) is 8.01. The van der Waals surface area contributed by atoms with Crippen molar-refractivity contribution in [2.75, 3.05) is 7.05 Å². The van der Waals surface area contributed by atoms with Gasteiger partial charge < -0.3 is 5.11 Å². The lowest BCUT2D eigenvalue weighted by molar-refractivity contribution is -0.145. The number of carboxylic acid groups (broad SMARTS) is 1. The molecule has 0 atom stereocenters. The zero-order chi connectivity index (χ0) is 14.3. The lowest BCUT2D eigenvalue weighted by Crippen LogP contribution is -2.50. The normalized spacial score (nSPS) is 13.0. The van der Waals surface area contributed by atoms with Crippen molar-refractivity contribution in [1.29, 1.82) is 0 Å². The summed E-state index contributed by atoms with van der Waals surface area (Å²) in [6, 6.07) is 1.57. The molecule has 1 aromatic rings. The Morgan fingerprint density at radius 3 is 2.22 bits per heavy atom. The Morgan fingerprint density at radius 2 is 1.89 bits per heavy atom. The number of hydrogen-bond acceptors (Lipinski definition) is 4. The minimum atomic E-state index is -3.79. The van der Waals surface area contributed by atoms with Gasteiger partial charge in [0.15, 0.2) is 0 Å². The van der Waals surface area contributed by atoms with Crippen molar-refractivity contribution in [1.82, 2.24) is 4.31 Å². The third-order valence-electron chi connectivity index (χ3n) is 2.94. The number of sulfonamides is 1. The monoisotopic (exact) mass is 291 g/mol. The first-order valence-corrected chi connectivity index (χ1v) is 7.56. The molecule has 5 nitrogen and oxygen atoms in total. The van der Waals surface area contributed by atoms with Gasteiger partial charge in [0, 0.05) is 16.8 Å². The van der Waals surface area contributed by atoms with Crippen LogP contribution in [0.4, 0.5) is 0 Å². The molecule has 1 rings (SSSR count). The van der Waals surface area contributed by atoms with Gasteiger partial charge in [-0.05, 0) is 33.8 Å². The van der Waals surface area contributed by atoms with Crippen molar-refractivity contribution in [3.63, 3.8) is 0 Å². The zero-order valence-corrected chi connectivity index (χ0v) is 12.6. The van der Waals surface area contributed by atoms with E-state index in [2.05, 4.69) is 0 Å². The molecule has 0 amide bonds. The van der Waals surface area contributed by atoms with Crippen molar-refractivity contribution >= 4 is 27.3 Å². The van der Waals surface area contributed by atoms with Crippen LogP contribution in [0.25, 0.3) is 0 Å². The number of aliphatic carboxylic acids is 1. The number of rotatable bonds is 4. The van der Waals surface area contributed by atoms with E-state index in [1.165, 1.54) is 32.2 Å². The summed E-state index contributed by atoms with van der Waals surface area (Å²) in [4.78, 5) is 12.9. The molecule has 0 unspecified atom stereocenters. The number of aryl methyl sites for hydroxylation is 2. The smallest absolute Gasteiger partial charge is 0.324 e. The molecule has 0 aliphatic heterocycles. The highest BCUT2D eigenvalue weighted by atomic mass is 32.2. The minimum absolute atomic E-state index is 0.182. The number of hydrogen-bond donors (Lipinski definition) is 1. The molecule has 0 aromatic carbocycles. The van der Waals surface area contributed by atoms with Crippen LogP contribution in [-0.2, 0) is 14.8 Å². The van der Waals surface area contributed by atoms with Gasteiger partial charge in [-0.2, -0.15) is 4.31 Å². The molecule has 18 heavy (non-hydrogen) atoms. The SMILES string of the molecule is Cc1cc(S(=O)(=O)N(C)C(C)(C)C(=O)O)c(C)s1. The highest BCUT2D eigenvalue weighted by Gasteiger charge is 2.40. The van der Waals surface area contributed by atoms with Crippen LogP contribution in [0.15, 0.2) is 11.0 Å². The van der Waals surface area contributed by atoms with Crippen molar-refractivity contribution < 1.29 is 18.3 Å². The molecule has 1 N–H and O–H groups in total. The summed E-state index contributed by atoms with van der Waals surface area (Å²) in [7, 11) is -2.50. The summed E-state index contributed by atoms with van der Waals surface area (Å²) in [6.45, 7) is 6.26. The number of likely N-dealkylation sites (N-methyl/N-ethyl adjacent to an activating group) is 1. The Hall–Kier alpha value is -0.920. The van der Waals surface area contributed by atoms with Gasteiger partial charge >= 0.3 is 5.97 Å². The fraction of sp³-hybridized carbons (Fsp3) is 0.545. The Morgan fingerprint density at radius 1 is 1.39 bits per heavy atom. The van der Waals surface area contributed by atoms with E-state index in [1.807, 2.05) is 6.92 Å². The maximum atomic E-state index is 12.4. The van der Waals surface area contributed by atoms with Crippen LogP contribution in [0, 0.1) is 13.8 Å². The molecular weight excluding hydrogens is 274 g/mol. The Kier molecular flexibility index (Phi) is 3.90. The summed E-state index contributed by atoms with van der Waals surface area (Å²) < 4.78 is 25.7. The highest BCUT2D eigenvalue weighted by Crippen LogP contribution is 2.30. The van der Waals surface area contributed by atoms with Gasteiger partial charge in [-0.1, -0.05) is 0 Å². The molecular formula is C11H17NO4S2. The second-order valence-corrected chi connectivity index (χ2v) is 8.01. The van der Waals surface area contributed by atoms with E-state index in [0.717, 1.165) is 9.18 Å². The Bertz CT molecular complexity index is 572. The quantitative estimate of drug-likeness (QED) is 0.918. The maximum absolute atomic E-state index is 12.4. The lowest BCUT2D eigenvalue weighted by Gasteiger charge is -2.30. The summed E-state index contributed by atoms with van der Waals surface area (Å²) in [5, 5.41) is 9.09. The molecule has 0 bridgehead atoms. The predicted molar refractivity (Wildman–Crippen MR) is 70.5 cm³/mol. The number of carbonyl (C=O) groups is 1. The Balaban J connectivity index is 3.32. The number of thiophene rings is 1. The average Bonchev–Trinajstić information content (AvgIpc) is 2.57. The van der Waals surface area contributed by atoms with Gasteiger partial charge in [0.2, 0.25) is 10.0 Å². The van der Waals surface area contributed by atoms with Gasteiger partial charge in [-0.3, -0.25) is 4.79 Å². The lowest BCUT2D eigenvalue weighted by atomic mass is 10.1. The largest absolute Gasteiger partial charge is 0.480 e. The van der Waals surface area contributed by atoms with Crippen molar-refractivity contribution in [2.45, 2.75) is 38.1 Å². The van der Waals surface area contributed by atoms with Crippen LogP contribution in [0.1, 0.15) is 23.6 Å². The van der Waals surface area contributed by atoms with Crippen molar-refractivity contribution in [3.8, 4) is 0 Å². The highest BCUT2D eigenvalue weighted by molar-refractivity contribution is 7.89. The summed E-state index contributed by atoms with van der Waals surface area (Å²) >= 11 is 1.38. The van der Waals surface area contributed by atoms with E-state index in [9.17, 15) is 13.2 Å². The zero-order valence-electron chi connectivity index (χ0n) is 11.0. The van der Waals surface area contributed by atoms with Gasteiger partial charge in [0.05, 0.1) is 4.90 Å². The van der Waals surface area contributed by atoms with Crippen LogP contribution >= 0.6 is 11.3 Å². The molecule has 102 valence electrons. The van der Waals surface area contributed by atoms with E-state index < -0.39 is 21.5 Å². The van der Waals surface area contributed by atoms with Gasteiger partial charge in [-0.15, -0.1) is 11.3 Å². The molecule has 0 radical (unpaired) electrons. The molecule has 0 fully saturated rings. The summed E-state index contributed by atoms with van der Waals surface area (Å²) in [5.74, 6) is -1.18. The molecule has 0 saturated carbocycles. The van der Waals surface area contributed by atoms with Crippen LogP contribution in [0.2, 0.25) is 0 Å². The second-order valence-electron chi connectivity index (χ2n) is 4.61. The Labute approximate surface area is 111 Å². The van der Waals surface area contributed by atoms with Gasteiger partial charge in [0.25, 0.3) is 0 Å². The minimum Gasteiger partial charge on any atom is -0.480 e. The fourth-order valence-corrected chi connectivity index (χ4v) is 4.44. The van der Waals surface area contributed by atoms with Crippen LogP contribution in [0.3, 0.4) is 0 Å². The van der Waals surface area contributed by atoms with Crippen LogP contribution in [0.5, 0.6) is 0 Å². The topological polar surface area (TPSA) is 74.7 Å². The number of nitrogens with zero attached hydrogens (tertiary/aromatic N) is 1. The molecule has 0 spiro atoms. The van der Waals surface area contributed by atoms with Crippen LogP contribution < -0.4 is 0 Å². The average molecular weight is 291 g/mol. The van der Waals surface area contributed by atoms with Crippen molar-refractivity contribution in [3.05, 3.63) is 15.8 Å². The van der Waals surface area contributed by atoms with E-state index in [4.69, 9.17) is 5.11 Å². The predicted octanol–water partition coefficient (Wildman–Crippen LogP) is 1.85. The molecule has 1 heterocycles. The van der Waals surface area contributed by atoms with Gasteiger partial charge in [-0.25, -0.2) is 8.42 Å². The second kappa shape index (κ2) is 4.64. The molecule has 0 saturated heterocycles. The molecule has 7 heteroatoms. The third-order valence-corrected chi connectivity index (χ3v) is 6.20. The van der Waals surface area contributed by atoms with E-state index in [-0.39, 0.29) is 4.90 Å². The molecule has 0 aliphatic rings. The summed E-state index contributed by atoms with van der Waals surface area (Å²) in [6.07, 6.45) is 0. The van der Waals surface area contributed by atoms with E-state index in [0.29, 0.717) is 4.88 Å². The fourth-order valence-electron chi connectivity index (χ4n) is 1.45. The first-order valence-electron chi connectivity index (χ1n) is 5.30. The van der Waals surface area contributed by atoms with Gasteiger partial charge in [0.1, 0.15) is 5.54 Å². The maximum Gasteiger partial charge on any atom is 0.324 e. The van der Waals surface area contributed by atoms with E-state index >= 15 is 0 Å². The molecule has 0 aliphatic carbocycles. The standard InChI is InChI=1S/C11H17NO4S2/c1-7-6-9(8(2)17-7)18(15,16)12(5)11(3,4)10(13)14/h6H,1-5H3,(H,13,14). The van der Waals surface area contributed by atoms with E-state index in [1.54, 1.807) is 13.0 Å². The third kappa shape index (κ3) is 2.43. The first kappa shape index (κ1) is 15.1. The number of carboxylic acids is 1.